The van der Waals surface area contributed by atoms with Crippen LogP contribution in [0.4, 0.5) is 9.52 Å². The molecule has 0 aliphatic rings. The molecule has 3 aromatic rings. The molecule has 3 rings (SSSR count). The van der Waals surface area contributed by atoms with E-state index in [0.29, 0.717) is 15.9 Å². The van der Waals surface area contributed by atoms with E-state index in [1.54, 1.807) is 12.1 Å². The summed E-state index contributed by atoms with van der Waals surface area (Å²) in [5.74, 6) is -0.138. The number of halogens is 1. The summed E-state index contributed by atoms with van der Waals surface area (Å²) in [7, 11) is 0. The predicted octanol–water partition coefficient (Wildman–Crippen LogP) is 4.38. The van der Waals surface area contributed by atoms with Gasteiger partial charge in [-0.05, 0) is 43.3 Å². The fraction of sp³-hybridized carbons (Fsp3) is 0.118. The maximum atomic E-state index is 12.9. The largest absolute Gasteiger partial charge is 0.300 e. The quantitative estimate of drug-likeness (QED) is 0.687. The number of hydrogen-bond acceptors (Lipinski definition) is 5. The fourth-order valence-electron chi connectivity index (χ4n) is 1.92. The first-order valence-corrected chi connectivity index (χ1v) is 8.99. The van der Waals surface area contributed by atoms with Crippen LogP contribution in [0.25, 0.3) is 10.6 Å². The molecule has 24 heavy (non-hydrogen) atoms. The number of rotatable bonds is 5. The summed E-state index contributed by atoms with van der Waals surface area (Å²) in [5, 5.41) is 11.8. The highest BCUT2D eigenvalue weighted by molar-refractivity contribution is 8.00. The number of amides is 1. The number of nitrogens with zero attached hydrogens (tertiary/aromatic N) is 2. The molecular formula is C17H14FN3OS2. The van der Waals surface area contributed by atoms with Crippen molar-refractivity contribution in [2.75, 3.05) is 11.1 Å². The Labute approximate surface area is 147 Å². The van der Waals surface area contributed by atoms with E-state index in [0.717, 1.165) is 10.5 Å². The van der Waals surface area contributed by atoms with Crippen molar-refractivity contribution in [2.45, 2.75) is 11.8 Å². The topological polar surface area (TPSA) is 54.9 Å². The van der Waals surface area contributed by atoms with E-state index in [4.69, 9.17) is 0 Å². The molecule has 0 saturated carbocycles. The van der Waals surface area contributed by atoms with Crippen LogP contribution in [0, 0.1) is 12.7 Å². The Kier molecular flexibility index (Phi) is 5.22. The van der Waals surface area contributed by atoms with E-state index in [1.807, 2.05) is 31.2 Å². The number of thioether (sulfide) groups is 1. The number of nitrogens with one attached hydrogen (secondary N) is 1. The molecule has 4 nitrogen and oxygen atoms in total. The summed E-state index contributed by atoms with van der Waals surface area (Å²) in [6.07, 6.45) is 0. The Bertz CT molecular complexity index is 832. The van der Waals surface area contributed by atoms with E-state index in [9.17, 15) is 9.18 Å². The van der Waals surface area contributed by atoms with Crippen LogP contribution in [0.2, 0.25) is 0 Å². The van der Waals surface area contributed by atoms with Gasteiger partial charge in [0.2, 0.25) is 11.0 Å². The number of carbonyl (C=O) groups excluding carboxylic acids is 1. The average molecular weight is 359 g/mol. The minimum atomic E-state index is -0.301. The molecular weight excluding hydrogens is 345 g/mol. The van der Waals surface area contributed by atoms with Crippen molar-refractivity contribution in [3.63, 3.8) is 0 Å². The third-order valence-corrected chi connectivity index (χ3v) is 5.05. The lowest BCUT2D eigenvalue weighted by molar-refractivity contribution is -0.113. The maximum absolute atomic E-state index is 12.9. The van der Waals surface area contributed by atoms with Crippen molar-refractivity contribution in [2.24, 2.45) is 0 Å². The van der Waals surface area contributed by atoms with Crippen LogP contribution in [0.3, 0.4) is 0 Å². The molecule has 1 heterocycles. The van der Waals surface area contributed by atoms with Gasteiger partial charge in [-0.3, -0.25) is 10.1 Å². The molecule has 0 bridgehead atoms. The molecule has 1 N–H and O–H groups in total. The van der Waals surface area contributed by atoms with Crippen LogP contribution >= 0.6 is 23.1 Å². The summed E-state index contributed by atoms with van der Waals surface area (Å²) in [4.78, 5) is 13.0. The fourth-order valence-corrected chi connectivity index (χ4v) is 3.39. The number of benzene rings is 2. The number of aryl methyl sites for hydroxylation is 1. The van der Waals surface area contributed by atoms with Gasteiger partial charge in [0.1, 0.15) is 10.8 Å². The van der Waals surface area contributed by atoms with Crippen molar-refractivity contribution < 1.29 is 9.18 Å². The molecule has 7 heteroatoms. The van der Waals surface area contributed by atoms with Crippen LogP contribution in [0.1, 0.15) is 5.56 Å². The molecule has 0 atom stereocenters. The molecule has 0 saturated heterocycles. The van der Waals surface area contributed by atoms with Crippen molar-refractivity contribution in [1.29, 1.82) is 0 Å². The van der Waals surface area contributed by atoms with Crippen molar-refractivity contribution in [3.8, 4) is 10.6 Å². The normalized spacial score (nSPS) is 10.6. The third kappa shape index (κ3) is 4.39. The summed E-state index contributed by atoms with van der Waals surface area (Å²) in [6, 6.07) is 14.0. The van der Waals surface area contributed by atoms with Crippen LogP contribution in [-0.4, -0.2) is 21.9 Å². The zero-order chi connectivity index (χ0) is 16.9. The highest BCUT2D eigenvalue weighted by Crippen LogP contribution is 2.26. The number of aromatic nitrogens is 2. The lowest BCUT2D eigenvalue weighted by Gasteiger charge is -2.02. The Balaban J connectivity index is 1.57. The van der Waals surface area contributed by atoms with Gasteiger partial charge in [0.15, 0.2) is 0 Å². The van der Waals surface area contributed by atoms with E-state index in [1.165, 1.54) is 40.8 Å². The lowest BCUT2D eigenvalue weighted by Crippen LogP contribution is -2.13. The molecule has 0 radical (unpaired) electrons. The summed E-state index contributed by atoms with van der Waals surface area (Å²) in [5.41, 5.74) is 1.95. The van der Waals surface area contributed by atoms with Gasteiger partial charge in [0.25, 0.3) is 0 Å². The third-order valence-electron chi connectivity index (χ3n) is 3.15. The predicted molar refractivity (Wildman–Crippen MR) is 95.8 cm³/mol. The first kappa shape index (κ1) is 16.6. The van der Waals surface area contributed by atoms with Gasteiger partial charge < -0.3 is 0 Å². The number of hydrogen-bond donors (Lipinski definition) is 1. The Morgan fingerprint density at radius 3 is 2.54 bits per heavy atom. The Morgan fingerprint density at radius 2 is 1.83 bits per heavy atom. The van der Waals surface area contributed by atoms with Gasteiger partial charge in [-0.2, -0.15) is 0 Å². The van der Waals surface area contributed by atoms with Crippen LogP contribution in [0.15, 0.2) is 53.4 Å². The van der Waals surface area contributed by atoms with Crippen LogP contribution in [-0.2, 0) is 4.79 Å². The maximum Gasteiger partial charge on any atom is 0.236 e. The smallest absolute Gasteiger partial charge is 0.236 e. The first-order chi connectivity index (χ1) is 11.6. The first-order valence-electron chi connectivity index (χ1n) is 7.19. The molecule has 0 spiro atoms. The molecule has 2 aromatic carbocycles. The second-order valence-electron chi connectivity index (χ2n) is 5.07. The van der Waals surface area contributed by atoms with E-state index >= 15 is 0 Å². The lowest BCUT2D eigenvalue weighted by atomic mass is 10.2. The monoisotopic (exact) mass is 359 g/mol. The number of carbonyl (C=O) groups is 1. The van der Waals surface area contributed by atoms with E-state index in [2.05, 4.69) is 15.5 Å². The summed E-state index contributed by atoms with van der Waals surface area (Å²) < 4.78 is 12.9. The molecule has 0 aliphatic heterocycles. The SMILES string of the molecule is Cc1ccc(SCC(=O)Nc2nnc(-c3ccc(F)cc3)s2)cc1. The van der Waals surface area contributed by atoms with Gasteiger partial charge in [-0.15, -0.1) is 22.0 Å². The molecule has 1 amide bonds. The minimum absolute atomic E-state index is 0.137. The van der Waals surface area contributed by atoms with E-state index < -0.39 is 0 Å². The molecule has 0 aliphatic carbocycles. The molecule has 0 unspecified atom stereocenters. The van der Waals surface area contributed by atoms with Gasteiger partial charge in [-0.25, -0.2) is 4.39 Å². The van der Waals surface area contributed by atoms with Crippen molar-refractivity contribution in [1.82, 2.24) is 10.2 Å². The molecule has 1 aromatic heterocycles. The highest BCUT2D eigenvalue weighted by Gasteiger charge is 2.10. The highest BCUT2D eigenvalue weighted by atomic mass is 32.2. The van der Waals surface area contributed by atoms with Crippen LogP contribution in [0.5, 0.6) is 0 Å². The Morgan fingerprint density at radius 1 is 1.12 bits per heavy atom. The zero-order valence-corrected chi connectivity index (χ0v) is 14.5. The molecule has 122 valence electrons. The van der Waals surface area contributed by atoms with Gasteiger partial charge >= 0.3 is 0 Å². The Hall–Kier alpha value is -2.25. The average Bonchev–Trinajstić information content (AvgIpc) is 3.03. The minimum Gasteiger partial charge on any atom is -0.300 e. The van der Waals surface area contributed by atoms with Gasteiger partial charge in [-0.1, -0.05) is 29.0 Å². The second kappa shape index (κ2) is 7.55. The summed E-state index contributed by atoms with van der Waals surface area (Å²) in [6.45, 7) is 2.02. The van der Waals surface area contributed by atoms with Crippen LogP contribution < -0.4 is 5.32 Å². The molecule has 0 fully saturated rings. The van der Waals surface area contributed by atoms with Crippen molar-refractivity contribution >= 4 is 34.1 Å². The van der Waals surface area contributed by atoms with E-state index in [-0.39, 0.29) is 11.7 Å². The zero-order valence-electron chi connectivity index (χ0n) is 12.8. The van der Waals surface area contributed by atoms with Crippen molar-refractivity contribution in [3.05, 3.63) is 59.9 Å². The van der Waals surface area contributed by atoms with Gasteiger partial charge in [0.05, 0.1) is 5.75 Å². The second-order valence-corrected chi connectivity index (χ2v) is 7.10. The standard InChI is InChI=1S/C17H14FN3OS2/c1-11-2-8-14(9-3-11)23-10-15(22)19-17-21-20-16(24-17)12-4-6-13(18)7-5-12/h2-9H,10H2,1H3,(H,19,21,22). The van der Waals surface area contributed by atoms with Gasteiger partial charge in [0, 0.05) is 10.5 Å². The number of anilines is 1. The summed E-state index contributed by atoms with van der Waals surface area (Å²) >= 11 is 2.72.